The van der Waals surface area contributed by atoms with Crippen LogP contribution in [-0.4, -0.2) is 59.1 Å². The van der Waals surface area contributed by atoms with Crippen LogP contribution in [0.4, 0.5) is 4.79 Å². The van der Waals surface area contributed by atoms with Crippen molar-refractivity contribution >= 4 is 17.8 Å². The maximum absolute atomic E-state index is 12.7. The number of ketones is 1. The van der Waals surface area contributed by atoms with Crippen molar-refractivity contribution in [2.75, 3.05) is 19.6 Å². The zero-order chi connectivity index (χ0) is 17.9. The van der Waals surface area contributed by atoms with E-state index in [1.165, 1.54) is 29.2 Å². The molecule has 0 spiro atoms. The third-order valence-corrected chi connectivity index (χ3v) is 3.59. The molecule has 1 heterocycles. The van der Waals surface area contributed by atoms with Gasteiger partial charge in [0.05, 0.1) is 5.56 Å². The van der Waals surface area contributed by atoms with Crippen LogP contribution in [0.2, 0.25) is 0 Å². The zero-order valence-electron chi connectivity index (χ0n) is 14.0. The normalized spacial score (nSPS) is 18.1. The largest absolute Gasteiger partial charge is 0.478 e. The van der Waals surface area contributed by atoms with E-state index in [0.717, 1.165) is 0 Å². The molecule has 1 aromatic carbocycles. The first-order chi connectivity index (χ1) is 11.2. The third-order valence-electron chi connectivity index (χ3n) is 3.59. The lowest BCUT2D eigenvalue weighted by Gasteiger charge is -2.36. The molecular weight excluding hydrogens is 312 g/mol. The fraction of sp³-hybridized carbons (Fsp3) is 0.471. The van der Waals surface area contributed by atoms with Gasteiger partial charge in [0.25, 0.3) is 0 Å². The lowest BCUT2D eigenvalue weighted by Crippen LogP contribution is -2.57. The SMILES string of the molecule is CC(C)(C)OC(=O)N1CCNCC1C(=O)c1ccc(C(=O)O)cc1. The Labute approximate surface area is 140 Å². The first-order valence-electron chi connectivity index (χ1n) is 7.77. The topological polar surface area (TPSA) is 95.9 Å². The van der Waals surface area contributed by atoms with Crippen LogP contribution >= 0.6 is 0 Å². The molecule has 130 valence electrons. The molecule has 2 N–H and O–H groups in total. The summed E-state index contributed by atoms with van der Waals surface area (Å²) in [5.74, 6) is -1.30. The van der Waals surface area contributed by atoms with Crippen molar-refractivity contribution in [2.24, 2.45) is 0 Å². The monoisotopic (exact) mass is 334 g/mol. The van der Waals surface area contributed by atoms with Gasteiger partial charge in [-0.05, 0) is 32.9 Å². The summed E-state index contributed by atoms with van der Waals surface area (Å²) in [5.41, 5.74) is -0.168. The lowest BCUT2D eigenvalue weighted by atomic mass is 10.0. The Morgan fingerprint density at radius 3 is 2.29 bits per heavy atom. The number of carboxylic acids is 1. The highest BCUT2D eigenvalue weighted by Crippen LogP contribution is 2.17. The molecule has 1 saturated heterocycles. The molecule has 0 saturated carbocycles. The molecule has 1 aromatic rings. The van der Waals surface area contributed by atoms with E-state index in [0.29, 0.717) is 25.2 Å². The highest BCUT2D eigenvalue weighted by Gasteiger charge is 2.35. The first kappa shape index (κ1) is 17.9. The lowest BCUT2D eigenvalue weighted by molar-refractivity contribution is 0.0125. The summed E-state index contributed by atoms with van der Waals surface area (Å²) in [6, 6.07) is 5.01. The molecule has 7 nitrogen and oxygen atoms in total. The Bertz CT molecular complexity index is 633. The molecule has 2 rings (SSSR count). The quantitative estimate of drug-likeness (QED) is 0.818. The predicted octanol–water partition coefficient (Wildman–Crippen LogP) is 1.78. The molecule has 0 aliphatic carbocycles. The van der Waals surface area contributed by atoms with E-state index >= 15 is 0 Å². The summed E-state index contributed by atoms with van der Waals surface area (Å²) >= 11 is 0. The number of hydrogen-bond donors (Lipinski definition) is 2. The van der Waals surface area contributed by atoms with Crippen LogP contribution in [0, 0.1) is 0 Å². The highest BCUT2D eigenvalue weighted by molar-refractivity contribution is 6.02. The zero-order valence-corrected chi connectivity index (χ0v) is 14.0. The summed E-state index contributed by atoms with van der Waals surface area (Å²) in [5, 5.41) is 12.0. The summed E-state index contributed by atoms with van der Waals surface area (Å²) in [6.07, 6.45) is -0.524. The van der Waals surface area contributed by atoms with Crippen molar-refractivity contribution in [2.45, 2.75) is 32.4 Å². The molecule has 1 aliphatic heterocycles. The Hall–Kier alpha value is -2.41. The van der Waals surface area contributed by atoms with E-state index in [2.05, 4.69) is 5.32 Å². The number of aromatic carboxylic acids is 1. The van der Waals surface area contributed by atoms with Crippen molar-refractivity contribution in [3.05, 3.63) is 35.4 Å². The van der Waals surface area contributed by atoms with Crippen molar-refractivity contribution in [3.63, 3.8) is 0 Å². The van der Waals surface area contributed by atoms with E-state index in [4.69, 9.17) is 9.84 Å². The number of piperazine rings is 1. The minimum Gasteiger partial charge on any atom is -0.478 e. The van der Waals surface area contributed by atoms with E-state index < -0.39 is 23.7 Å². The van der Waals surface area contributed by atoms with Gasteiger partial charge in [-0.25, -0.2) is 9.59 Å². The second-order valence-electron chi connectivity index (χ2n) is 6.64. The van der Waals surface area contributed by atoms with Gasteiger partial charge in [0, 0.05) is 25.2 Å². The number of amides is 1. The van der Waals surface area contributed by atoms with E-state index in [-0.39, 0.29) is 11.3 Å². The van der Waals surface area contributed by atoms with Crippen LogP contribution < -0.4 is 5.32 Å². The number of carbonyl (C=O) groups is 3. The number of benzene rings is 1. The maximum Gasteiger partial charge on any atom is 0.411 e. The van der Waals surface area contributed by atoms with E-state index in [9.17, 15) is 14.4 Å². The molecule has 1 atom stereocenters. The van der Waals surface area contributed by atoms with Gasteiger partial charge in [-0.15, -0.1) is 0 Å². The Morgan fingerprint density at radius 1 is 1.17 bits per heavy atom. The van der Waals surface area contributed by atoms with Crippen LogP contribution in [0.15, 0.2) is 24.3 Å². The minimum absolute atomic E-state index is 0.109. The molecule has 7 heteroatoms. The van der Waals surface area contributed by atoms with Crippen LogP contribution in [0.25, 0.3) is 0 Å². The number of rotatable bonds is 3. The molecule has 0 radical (unpaired) electrons. The molecule has 1 amide bonds. The average molecular weight is 334 g/mol. The fourth-order valence-electron chi connectivity index (χ4n) is 2.45. The smallest absolute Gasteiger partial charge is 0.411 e. The molecule has 1 aliphatic rings. The number of nitrogens with one attached hydrogen (secondary N) is 1. The second kappa shape index (κ2) is 7.00. The van der Waals surface area contributed by atoms with Crippen LogP contribution in [0.5, 0.6) is 0 Å². The van der Waals surface area contributed by atoms with E-state index in [1.54, 1.807) is 20.8 Å². The van der Waals surface area contributed by atoms with Gasteiger partial charge in [-0.1, -0.05) is 12.1 Å². The minimum atomic E-state index is -1.05. The Morgan fingerprint density at radius 2 is 1.75 bits per heavy atom. The summed E-state index contributed by atoms with van der Waals surface area (Å²) in [4.78, 5) is 37.4. The fourth-order valence-corrected chi connectivity index (χ4v) is 2.45. The summed E-state index contributed by atoms with van der Waals surface area (Å²) in [6.45, 7) is 6.61. The van der Waals surface area contributed by atoms with Crippen LogP contribution in [0.1, 0.15) is 41.5 Å². The van der Waals surface area contributed by atoms with Crippen molar-refractivity contribution in [3.8, 4) is 0 Å². The number of Topliss-reactive ketones (excluding diaryl/α,β-unsaturated/α-hetero) is 1. The standard InChI is InChI=1S/C17H22N2O5/c1-17(2,3)24-16(23)19-9-8-18-10-13(19)14(20)11-4-6-12(7-5-11)15(21)22/h4-7,13,18H,8-10H2,1-3H3,(H,21,22). The average Bonchev–Trinajstić information content (AvgIpc) is 2.52. The van der Waals surface area contributed by atoms with Crippen LogP contribution in [0.3, 0.4) is 0 Å². The third kappa shape index (κ3) is 4.32. The Balaban J connectivity index is 2.18. The molecule has 0 bridgehead atoms. The van der Waals surface area contributed by atoms with Gasteiger partial charge in [-0.2, -0.15) is 0 Å². The number of carboxylic acid groups (broad SMARTS) is 1. The first-order valence-corrected chi connectivity index (χ1v) is 7.77. The molecule has 1 unspecified atom stereocenters. The van der Waals surface area contributed by atoms with E-state index in [1.807, 2.05) is 0 Å². The van der Waals surface area contributed by atoms with Gasteiger partial charge >= 0.3 is 12.1 Å². The maximum atomic E-state index is 12.7. The number of carbonyl (C=O) groups excluding carboxylic acids is 2. The highest BCUT2D eigenvalue weighted by atomic mass is 16.6. The van der Waals surface area contributed by atoms with Crippen molar-refractivity contribution in [1.29, 1.82) is 0 Å². The molecule has 0 aromatic heterocycles. The van der Waals surface area contributed by atoms with Gasteiger partial charge in [-0.3, -0.25) is 9.69 Å². The molecule has 1 fully saturated rings. The second-order valence-corrected chi connectivity index (χ2v) is 6.64. The molecular formula is C17H22N2O5. The Kier molecular flexibility index (Phi) is 5.23. The number of hydrogen-bond acceptors (Lipinski definition) is 5. The van der Waals surface area contributed by atoms with Crippen molar-refractivity contribution < 1.29 is 24.2 Å². The van der Waals surface area contributed by atoms with Gasteiger partial charge in [0.1, 0.15) is 11.6 Å². The van der Waals surface area contributed by atoms with Gasteiger partial charge < -0.3 is 15.2 Å². The number of nitrogens with zero attached hydrogens (tertiary/aromatic N) is 1. The summed E-state index contributed by atoms with van der Waals surface area (Å²) < 4.78 is 5.37. The number of ether oxygens (including phenoxy) is 1. The van der Waals surface area contributed by atoms with Crippen LogP contribution in [-0.2, 0) is 4.74 Å². The summed E-state index contributed by atoms with van der Waals surface area (Å²) in [7, 11) is 0. The molecule has 24 heavy (non-hydrogen) atoms. The van der Waals surface area contributed by atoms with Crippen molar-refractivity contribution in [1.82, 2.24) is 10.2 Å². The van der Waals surface area contributed by atoms with Gasteiger partial charge in [0.15, 0.2) is 5.78 Å². The van der Waals surface area contributed by atoms with Gasteiger partial charge in [0.2, 0.25) is 0 Å². The predicted molar refractivity (Wildman–Crippen MR) is 87.3 cm³/mol.